The van der Waals surface area contributed by atoms with Crippen LogP contribution in [0.15, 0.2) is 48.0 Å². The van der Waals surface area contributed by atoms with Gasteiger partial charge in [-0.3, -0.25) is 13.5 Å². The SMILES string of the molecule is CCc1nc2ccc(C3=CCN(CS(=O)[O-])CC3)cn2c1N(C)c1nc(-c2ccc(F)c(F)c2)cs1. The highest BCUT2D eigenvalue weighted by atomic mass is 32.2. The molecule has 5 rings (SSSR count). The Labute approximate surface area is 214 Å². The lowest BCUT2D eigenvalue weighted by Crippen LogP contribution is -2.31. The van der Waals surface area contributed by atoms with Crippen molar-refractivity contribution >= 4 is 44.6 Å². The van der Waals surface area contributed by atoms with Gasteiger partial charge < -0.3 is 9.45 Å². The first kappa shape index (κ1) is 24.7. The smallest absolute Gasteiger partial charge is 0.191 e. The fraction of sp³-hybridized carbons (Fsp3) is 0.280. The zero-order valence-corrected chi connectivity index (χ0v) is 21.4. The average molecular weight is 529 g/mol. The molecule has 1 aromatic carbocycles. The zero-order chi connectivity index (χ0) is 25.4. The molecule has 0 radical (unpaired) electrons. The van der Waals surface area contributed by atoms with Gasteiger partial charge in [0.2, 0.25) is 0 Å². The van der Waals surface area contributed by atoms with Crippen molar-refractivity contribution < 1.29 is 17.5 Å². The van der Waals surface area contributed by atoms with Crippen LogP contribution in [0.1, 0.15) is 24.6 Å². The topological polar surface area (TPSA) is 76.8 Å². The highest BCUT2D eigenvalue weighted by molar-refractivity contribution is 7.79. The second-order valence-electron chi connectivity index (χ2n) is 8.57. The highest BCUT2D eigenvalue weighted by Crippen LogP contribution is 2.34. The number of anilines is 2. The summed E-state index contributed by atoms with van der Waals surface area (Å²) in [5.74, 6) is -0.860. The molecule has 1 aliphatic rings. The molecule has 0 bridgehead atoms. The second kappa shape index (κ2) is 10.2. The van der Waals surface area contributed by atoms with Crippen LogP contribution in [-0.4, -0.2) is 54.0 Å². The zero-order valence-electron chi connectivity index (χ0n) is 19.8. The Morgan fingerprint density at radius 2 is 1.97 bits per heavy atom. The normalized spacial score (nSPS) is 15.3. The van der Waals surface area contributed by atoms with Gasteiger partial charge in [0.1, 0.15) is 11.5 Å². The predicted molar refractivity (Wildman–Crippen MR) is 138 cm³/mol. The van der Waals surface area contributed by atoms with Crippen LogP contribution in [0.5, 0.6) is 0 Å². The maximum atomic E-state index is 13.7. The van der Waals surface area contributed by atoms with Crippen LogP contribution in [0.3, 0.4) is 0 Å². The summed E-state index contributed by atoms with van der Waals surface area (Å²) >= 11 is -0.671. The van der Waals surface area contributed by atoms with Crippen LogP contribution in [0.4, 0.5) is 19.7 Å². The number of imidazole rings is 1. The van der Waals surface area contributed by atoms with E-state index in [9.17, 15) is 17.5 Å². The van der Waals surface area contributed by atoms with E-state index in [2.05, 4.69) is 17.3 Å². The Hall–Kier alpha value is -2.99. The van der Waals surface area contributed by atoms with Crippen LogP contribution in [-0.2, 0) is 17.5 Å². The first-order chi connectivity index (χ1) is 17.3. The second-order valence-corrected chi connectivity index (χ2v) is 10.3. The Morgan fingerprint density at radius 3 is 2.67 bits per heavy atom. The summed E-state index contributed by atoms with van der Waals surface area (Å²) in [4.78, 5) is 13.3. The van der Waals surface area contributed by atoms with Crippen LogP contribution in [0.25, 0.3) is 22.5 Å². The first-order valence-electron chi connectivity index (χ1n) is 11.5. The standard InChI is InChI=1S/C25H25F2N5O2S2/c1-3-21-24(30(2)25-29-22(14-35-25)17-4-6-19(26)20(27)12-17)32-13-18(5-7-23(32)28-21)16-8-10-31(11-9-16)15-36(33)34/h4-8,12-14H,3,9-11,15H2,1-2H3,(H,33,34)/p-1. The fourth-order valence-corrected chi connectivity index (χ4v) is 5.73. The van der Waals surface area contributed by atoms with E-state index in [0.717, 1.165) is 47.7 Å². The number of thiazole rings is 1. The molecule has 1 aliphatic heterocycles. The summed E-state index contributed by atoms with van der Waals surface area (Å²) in [6.45, 7) is 3.32. The lowest BCUT2D eigenvalue weighted by atomic mass is 10.0. The molecule has 188 valence electrons. The number of aromatic nitrogens is 3. The molecule has 4 heterocycles. The van der Waals surface area contributed by atoms with E-state index >= 15 is 0 Å². The Kier molecular flexibility index (Phi) is 6.98. The molecule has 1 unspecified atom stereocenters. The molecular weight excluding hydrogens is 504 g/mol. The number of pyridine rings is 1. The van der Waals surface area contributed by atoms with Gasteiger partial charge in [-0.25, -0.2) is 18.7 Å². The molecule has 7 nitrogen and oxygen atoms in total. The van der Waals surface area contributed by atoms with E-state index in [1.165, 1.54) is 23.0 Å². The summed E-state index contributed by atoms with van der Waals surface area (Å²) < 4.78 is 51.2. The number of rotatable bonds is 7. The molecule has 0 amide bonds. The van der Waals surface area contributed by atoms with Gasteiger partial charge in [0, 0.05) is 37.3 Å². The van der Waals surface area contributed by atoms with Crippen molar-refractivity contribution in [2.45, 2.75) is 19.8 Å². The summed E-state index contributed by atoms with van der Waals surface area (Å²) in [5.41, 5.74) is 5.04. The van der Waals surface area contributed by atoms with Crippen LogP contribution < -0.4 is 4.90 Å². The lowest BCUT2D eigenvalue weighted by Gasteiger charge is -2.27. The minimum Gasteiger partial charge on any atom is -0.771 e. The predicted octanol–water partition coefficient (Wildman–Crippen LogP) is 4.99. The first-order valence-corrected chi connectivity index (χ1v) is 13.6. The van der Waals surface area contributed by atoms with Gasteiger partial charge in [-0.05, 0) is 65.4 Å². The summed E-state index contributed by atoms with van der Waals surface area (Å²) in [5, 5.41) is 2.53. The summed E-state index contributed by atoms with van der Waals surface area (Å²) in [6, 6.07) is 7.81. The van der Waals surface area contributed by atoms with E-state index in [1.807, 2.05) is 45.7 Å². The molecule has 0 saturated heterocycles. The van der Waals surface area contributed by atoms with Crippen LogP contribution >= 0.6 is 11.3 Å². The third-order valence-corrected chi connectivity index (χ3v) is 7.75. The minimum atomic E-state index is -2.09. The van der Waals surface area contributed by atoms with E-state index in [4.69, 9.17) is 4.98 Å². The molecule has 0 N–H and O–H groups in total. The third kappa shape index (κ3) is 4.83. The molecule has 0 aliphatic carbocycles. The number of halogens is 2. The number of hydrogen-bond acceptors (Lipinski definition) is 7. The molecule has 1 atom stereocenters. The van der Waals surface area contributed by atoms with Crippen molar-refractivity contribution in [3.05, 3.63) is 70.9 Å². The van der Waals surface area contributed by atoms with Crippen molar-refractivity contribution in [3.63, 3.8) is 0 Å². The van der Waals surface area contributed by atoms with Crippen molar-refractivity contribution in [1.29, 1.82) is 0 Å². The highest BCUT2D eigenvalue weighted by Gasteiger charge is 2.21. The van der Waals surface area contributed by atoms with Crippen LogP contribution in [0, 0.1) is 11.6 Å². The maximum absolute atomic E-state index is 13.7. The van der Waals surface area contributed by atoms with E-state index in [1.54, 1.807) is 0 Å². The quantitative estimate of drug-likeness (QED) is 0.315. The average Bonchev–Trinajstić information content (AvgIpc) is 3.50. The van der Waals surface area contributed by atoms with Gasteiger partial charge in [0.15, 0.2) is 16.8 Å². The van der Waals surface area contributed by atoms with Crippen LogP contribution in [0.2, 0.25) is 0 Å². The van der Waals surface area contributed by atoms with Crippen molar-refractivity contribution in [1.82, 2.24) is 19.3 Å². The van der Waals surface area contributed by atoms with Gasteiger partial charge in [0.25, 0.3) is 0 Å². The molecule has 11 heteroatoms. The molecule has 0 fully saturated rings. The number of benzene rings is 1. The monoisotopic (exact) mass is 528 g/mol. The Balaban J connectivity index is 1.48. The molecular formula is C25H24F2N5O2S2-. The third-order valence-electron chi connectivity index (χ3n) is 6.26. The van der Waals surface area contributed by atoms with Crippen molar-refractivity contribution in [2.24, 2.45) is 0 Å². The molecule has 0 saturated carbocycles. The Bertz CT molecular complexity index is 1480. The number of nitrogens with zero attached hydrogens (tertiary/aromatic N) is 5. The van der Waals surface area contributed by atoms with Gasteiger partial charge >= 0.3 is 0 Å². The molecule has 3 aromatic heterocycles. The minimum absolute atomic E-state index is 0.0412. The van der Waals surface area contributed by atoms with Gasteiger partial charge in [-0.1, -0.05) is 13.0 Å². The van der Waals surface area contributed by atoms with Gasteiger partial charge in [-0.15, -0.1) is 11.3 Å². The summed E-state index contributed by atoms with van der Waals surface area (Å²) in [6.07, 6.45) is 5.62. The lowest BCUT2D eigenvalue weighted by molar-refractivity contribution is 0.341. The number of fused-ring (bicyclic) bond motifs is 1. The van der Waals surface area contributed by atoms with Crippen molar-refractivity contribution in [3.8, 4) is 11.3 Å². The largest absolute Gasteiger partial charge is 0.771 e. The van der Waals surface area contributed by atoms with Gasteiger partial charge in [0.05, 0.1) is 17.3 Å². The number of hydrogen-bond donors (Lipinski definition) is 0. The van der Waals surface area contributed by atoms with Crippen molar-refractivity contribution in [2.75, 3.05) is 30.9 Å². The van der Waals surface area contributed by atoms with E-state index in [0.29, 0.717) is 29.5 Å². The van der Waals surface area contributed by atoms with E-state index < -0.39 is 22.7 Å². The molecule has 36 heavy (non-hydrogen) atoms. The Morgan fingerprint density at radius 1 is 1.17 bits per heavy atom. The maximum Gasteiger partial charge on any atom is 0.191 e. The van der Waals surface area contributed by atoms with Gasteiger partial charge in [-0.2, -0.15) is 0 Å². The molecule has 0 spiro atoms. The van der Waals surface area contributed by atoms with E-state index in [-0.39, 0.29) is 5.88 Å². The molecule has 4 aromatic rings. The fourth-order valence-electron chi connectivity index (χ4n) is 4.40. The number of aryl methyl sites for hydroxylation is 1. The summed E-state index contributed by atoms with van der Waals surface area (Å²) in [7, 11) is 1.92.